The minimum atomic E-state index is -0.205. The summed E-state index contributed by atoms with van der Waals surface area (Å²) in [5.41, 5.74) is 4.45. The Kier molecular flexibility index (Phi) is 4.18. The van der Waals surface area contributed by atoms with Gasteiger partial charge in [0.05, 0.1) is 12.8 Å². The van der Waals surface area contributed by atoms with Gasteiger partial charge in [-0.25, -0.2) is 4.98 Å². The summed E-state index contributed by atoms with van der Waals surface area (Å²) in [5.74, 6) is 0.486. The Labute approximate surface area is 154 Å². The third-order valence-electron chi connectivity index (χ3n) is 4.26. The van der Waals surface area contributed by atoms with Crippen LogP contribution in [0.25, 0.3) is 22.2 Å². The molecular weight excluding hydrogens is 346 g/mol. The van der Waals surface area contributed by atoms with Crippen LogP contribution >= 0.6 is 11.3 Å². The second-order valence-electron chi connectivity index (χ2n) is 5.92. The predicted octanol–water partition coefficient (Wildman–Crippen LogP) is 4.86. The maximum atomic E-state index is 12.5. The SMILES string of the molecule is COc1cc(C(=O)Nc2nc(-c3c[nH]c4ccccc34)cs2)ccc1C. The van der Waals surface area contributed by atoms with Crippen LogP contribution in [0.2, 0.25) is 0 Å². The summed E-state index contributed by atoms with van der Waals surface area (Å²) in [4.78, 5) is 20.3. The molecule has 0 saturated carbocycles. The molecule has 1 amide bonds. The van der Waals surface area contributed by atoms with Gasteiger partial charge in [0.15, 0.2) is 5.13 Å². The number of para-hydroxylation sites is 1. The number of thiazole rings is 1. The van der Waals surface area contributed by atoms with Gasteiger partial charge in [-0.1, -0.05) is 24.3 Å². The van der Waals surface area contributed by atoms with E-state index in [0.29, 0.717) is 16.4 Å². The van der Waals surface area contributed by atoms with Crippen LogP contribution in [-0.2, 0) is 0 Å². The van der Waals surface area contributed by atoms with Crippen LogP contribution in [-0.4, -0.2) is 23.0 Å². The van der Waals surface area contributed by atoms with Crippen LogP contribution < -0.4 is 10.1 Å². The molecule has 0 unspecified atom stereocenters. The second-order valence-corrected chi connectivity index (χ2v) is 6.78. The summed E-state index contributed by atoms with van der Waals surface area (Å²) < 4.78 is 5.28. The maximum Gasteiger partial charge on any atom is 0.257 e. The van der Waals surface area contributed by atoms with Gasteiger partial charge >= 0.3 is 0 Å². The topological polar surface area (TPSA) is 67.0 Å². The van der Waals surface area contributed by atoms with Crippen LogP contribution in [0, 0.1) is 6.92 Å². The number of hydrogen-bond donors (Lipinski definition) is 2. The first-order valence-electron chi connectivity index (χ1n) is 8.13. The molecule has 2 N–H and O–H groups in total. The number of nitrogens with zero attached hydrogens (tertiary/aromatic N) is 1. The van der Waals surface area contributed by atoms with Crippen LogP contribution in [0.3, 0.4) is 0 Å². The van der Waals surface area contributed by atoms with Gasteiger partial charge in [0.2, 0.25) is 0 Å². The number of fused-ring (bicyclic) bond motifs is 1. The molecule has 0 atom stereocenters. The number of carbonyl (C=O) groups excluding carboxylic acids is 1. The molecule has 0 fully saturated rings. The lowest BCUT2D eigenvalue weighted by Gasteiger charge is -2.07. The fraction of sp³-hybridized carbons (Fsp3) is 0.100. The number of hydrogen-bond acceptors (Lipinski definition) is 4. The lowest BCUT2D eigenvalue weighted by molar-refractivity contribution is 0.102. The first-order valence-corrected chi connectivity index (χ1v) is 9.01. The van der Waals surface area contributed by atoms with Crippen LogP contribution in [0.5, 0.6) is 5.75 Å². The fourth-order valence-electron chi connectivity index (χ4n) is 2.87. The van der Waals surface area contributed by atoms with E-state index in [2.05, 4.69) is 21.4 Å². The molecule has 2 aromatic heterocycles. The van der Waals surface area contributed by atoms with Crippen LogP contribution in [0.4, 0.5) is 5.13 Å². The van der Waals surface area contributed by atoms with Crippen molar-refractivity contribution >= 4 is 33.3 Å². The van der Waals surface area contributed by atoms with E-state index in [4.69, 9.17) is 4.74 Å². The molecule has 2 aromatic carbocycles. The van der Waals surface area contributed by atoms with Gasteiger partial charge in [-0.15, -0.1) is 11.3 Å². The number of ether oxygens (including phenoxy) is 1. The third kappa shape index (κ3) is 2.95. The molecule has 4 rings (SSSR count). The Hall–Kier alpha value is -3.12. The normalized spacial score (nSPS) is 10.8. The van der Waals surface area contributed by atoms with E-state index < -0.39 is 0 Å². The number of aryl methyl sites for hydroxylation is 1. The van der Waals surface area contributed by atoms with E-state index in [9.17, 15) is 4.79 Å². The third-order valence-corrected chi connectivity index (χ3v) is 5.02. The lowest BCUT2D eigenvalue weighted by atomic mass is 10.1. The summed E-state index contributed by atoms with van der Waals surface area (Å²) in [6.07, 6.45) is 1.94. The molecule has 130 valence electrons. The highest BCUT2D eigenvalue weighted by Crippen LogP contribution is 2.31. The molecule has 0 aliphatic rings. The van der Waals surface area contributed by atoms with Gasteiger partial charge in [-0.3, -0.25) is 10.1 Å². The summed E-state index contributed by atoms with van der Waals surface area (Å²) in [7, 11) is 1.60. The molecule has 0 aliphatic heterocycles. The molecule has 0 bridgehead atoms. The number of benzene rings is 2. The van der Waals surface area contributed by atoms with Crippen molar-refractivity contribution < 1.29 is 9.53 Å². The number of amides is 1. The van der Waals surface area contributed by atoms with Gasteiger partial charge in [0.1, 0.15) is 5.75 Å². The first-order chi connectivity index (χ1) is 12.7. The van der Waals surface area contributed by atoms with Crippen molar-refractivity contribution in [3.63, 3.8) is 0 Å². The van der Waals surface area contributed by atoms with Crippen LogP contribution in [0.15, 0.2) is 54.0 Å². The molecule has 0 spiro atoms. The smallest absolute Gasteiger partial charge is 0.257 e. The van der Waals surface area contributed by atoms with Crippen molar-refractivity contribution in [2.45, 2.75) is 6.92 Å². The fourth-order valence-corrected chi connectivity index (χ4v) is 3.57. The Balaban J connectivity index is 1.58. The van der Waals surface area contributed by atoms with Crippen LogP contribution in [0.1, 0.15) is 15.9 Å². The second kappa shape index (κ2) is 6.65. The maximum absolute atomic E-state index is 12.5. The quantitative estimate of drug-likeness (QED) is 0.544. The van der Waals surface area contributed by atoms with Gasteiger partial charge < -0.3 is 9.72 Å². The Morgan fingerprint density at radius 1 is 1.23 bits per heavy atom. The number of rotatable bonds is 4. The van der Waals surface area contributed by atoms with Gasteiger partial charge in [-0.2, -0.15) is 0 Å². The summed E-state index contributed by atoms with van der Waals surface area (Å²) in [5, 5.41) is 6.48. The number of anilines is 1. The first kappa shape index (κ1) is 16.4. The zero-order valence-corrected chi connectivity index (χ0v) is 15.2. The molecule has 6 heteroatoms. The van der Waals surface area contributed by atoms with Crippen molar-refractivity contribution in [2.24, 2.45) is 0 Å². The number of methoxy groups -OCH3 is 1. The lowest BCUT2D eigenvalue weighted by Crippen LogP contribution is -2.12. The number of H-pyrrole nitrogens is 1. The Morgan fingerprint density at radius 2 is 2.08 bits per heavy atom. The Bertz CT molecular complexity index is 1100. The van der Waals surface area contributed by atoms with E-state index in [1.807, 2.05) is 42.8 Å². The molecule has 0 aliphatic carbocycles. The standard InChI is InChI=1S/C20H17N3O2S/c1-12-7-8-13(9-18(12)25-2)19(24)23-20-22-17(11-26-20)15-10-21-16-6-4-3-5-14(15)16/h3-11,21H,1-2H3,(H,22,23,24). The zero-order chi connectivity index (χ0) is 18.1. The number of aromatic nitrogens is 2. The minimum absolute atomic E-state index is 0.205. The highest BCUT2D eigenvalue weighted by atomic mass is 32.1. The van der Waals surface area contributed by atoms with Gasteiger partial charge in [-0.05, 0) is 30.7 Å². The summed E-state index contributed by atoms with van der Waals surface area (Å²) in [6.45, 7) is 1.94. The molecular formula is C20H17N3O2S. The number of aromatic amines is 1. The molecule has 5 nitrogen and oxygen atoms in total. The summed E-state index contributed by atoms with van der Waals surface area (Å²) in [6, 6.07) is 13.5. The largest absolute Gasteiger partial charge is 0.496 e. The molecule has 26 heavy (non-hydrogen) atoms. The van der Waals surface area contributed by atoms with Gasteiger partial charge in [0, 0.05) is 33.6 Å². The van der Waals surface area contributed by atoms with E-state index >= 15 is 0 Å². The van der Waals surface area contributed by atoms with Crippen molar-refractivity contribution in [3.05, 3.63) is 65.2 Å². The number of carbonyl (C=O) groups is 1. The molecule has 0 radical (unpaired) electrons. The van der Waals surface area contributed by atoms with Gasteiger partial charge in [0.25, 0.3) is 5.91 Å². The number of nitrogens with one attached hydrogen (secondary N) is 2. The molecule has 2 heterocycles. The van der Waals surface area contributed by atoms with E-state index in [0.717, 1.165) is 27.7 Å². The van der Waals surface area contributed by atoms with E-state index in [1.54, 1.807) is 19.2 Å². The average molecular weight is 363 g/mol. The molecule has 0 saturated heterocycles. The Morgan fingerprint density at radius 3 is 2.92 bits per heavy atom. The highest BCUT2D eigenvalue weighted by molar-refractivity contribution is 7.14. The van der Waals surface area contributed by atoms with E-state index in [-0.39, 0.29) is 5.91 Å². The monoisotopic (exact) mass is 363 g/mol. The summed E-state index contributed by atoms with van der Waals surface area (Å²) >= 11 is 1.40. The zero-order valence-electron chi connectivity index (χ0n) is 14.4. The van der Waals surface area contributed by atoms with E-state index in [1.165, 1.54) is 11.3 Å². The van der Waals surface area contributed by atoms with Crippen molar-refractivity contribution in [1.29, 1.82) is 0 Å². The van der Waals surface area contributed by atoms with Crippen molar-refractivity contribution in [1.82, 2.24) is 9.97 Å². The predicted molar refractivity (Wildman–Crippen MR) is 105 cm³/mol. The minimum Gasteiger partial charge on any atom is -0.496 e. The van der Waals surface area contributed by atoms with Crippen molar-refractivity contribution in [2.75, 3.05) is 12.4 Å². The van der Waals surface area contributed by atoms with Crippen molar-refractivity contribution in [3.8, 4) is 17.0 Å². The average Bonchev–Trinajstić information content (AvgIpc) is 3.28. The highest BCUT2D eigenvalue weighted by Gasteiger charge is 2.13. The molecule has 4 aromatic rings.